The zero-order valence-corrected chi connectivity index (χ0v) is 14.1. The van der Waals surface area contributed by atoms with Crippen molar-refractivity contribution < 1.29 is 26.3 Å². The normalized spacial score (nSPS) is 12.0. The summed E-state index contributed by atoms with van der Waals surface area (Å²) in [6.45, 7) is 0. The molecule has 9 heteroatoms. The third-order valence-electron chi connectivity index (χ3n) is 2.91. The highest BCUT2D eigenvalue weighted by Crippen LogP contribution is 2.36. The van der Waals surface area contributed by atoms with Gasteiger partial charge in [-0.25, -0.2) is 8.42 Å². The van der Waals surface area contributed by atoms with Crippen molar-refractivity contribution in [3.05, 3.63) is 52.5 Å². The molecule has 0 aromatic heterocycles. The lowest BCUT2D eigenvalue weighted by atomic mass is 10.2. The van der Waals surface area contributed by atoms with Gasteiger partial charge in [0.2, 0.25) is 0 Å². The monoisotopic (exact) mass is 409 g/mol. The molecule has 0 atom stereocenters. The number of hydrogen-bond donors (Lipinski definition) is 1. The number of anilines is 1. The van der Waals surface area contributed by atoms with Gasteiger partial charge in [-0.05, 0) is 46.3 Å². The number of para-hydroxylation sites is 1. The number of hydrogen-bond acceptors (Lipinski definition) is 3. The highest BCUT2D eigenvalue weighted by molar-refractivity contribution is 9.10. The molecule has 0 aliphatic rings. The van der Waals surface area contributed by atoms with Gasteiger partial charge < -0.3 is 4.74 Å². The fourth-order valence-corrected chi connectivity index (χ4v) is 3.64. The van der Waals surface area contributed by atoms with Crippen LogP contribution in [-0.2, 0) is 16.2 Å². The standard InChI is InChI=1S/C14H11BrF3NO3S/c1-22-13-7-6-9(8-11(13)15)23(20,21)19-12-5-3-2-4-10(12)14(16,17)18/h2-8,19H,1H3. The van der Waals surface area contributed by atoms with E-state index in [0.717, 1.165) is 12.1 Å². The van der Waals surface area contributed by atoms with Crippen LogP contribution in [0.5, 0.6) is 5.75 Å². The minimum atomic E-state index is -4.67. The number of benzene rings is 2. The van der Waals surface area contributed by atoms with Gasteiger partial charge in [0.05, 0.1) is 27.7 Å². The number of nitrogens with one attached hydrogen (secondary N) is 1. The topological polar surface area (TPSA) is 55.4 Å². The highest BCUT2D eigenvalue weighted by Gasteiger charge is 2.34. The van der Waals surface area contributed by atoms with Crippen LogP contribution in [0.2, 0.25) is 0 Å². The predicted molar refractivity (Wildman–Crippen MR) is 82.9 cm³/mol. The summed E-state index contributed by atoms with van der Waals surface area (Å²) in [6.07, 6.45) is -4.67. The zero-order valence-electron chi connectivity index (χ0n) is 11.7. The van der Waals surface area contributed by atoms with Crippen LogP contribution in [-0.4, -0.2) is 15.5 Å². The largest absolute Gasteiger partial charge is 0.496 e. The Morgan fingerprint density at radius 1 is 1.13 bits per heavy atom. The van der Waals surface area contributed by atoms with E-state index in [0.29, 0.717) is 10.2 Å². The minimum Gasteiger partial charge on any atom is -0.496 e. The molecule has 0 fully saturated rings. The van der Waals surface area contributed by atoms with Crippen LogP contribution in [0.3, 0.4) is 0 Å². The van der Waals surface area contributed by atoms with Gasteiger partial charge in [-0.1, -0.05) is 12.1 Å². The molecule has 0 heterocycles. The molecule has 2 aromatic rings. The third-order valence-corrected chi connectivity index (χ3v) is 4.89. The summed E-state index contributed by atoms with van der Waals surface area (Å²) in [4.78, 5) is -0.192. The van der Waals surface area contributed by atoms with Crippen LogP contribution in [0.4, 0.5) is 18.9 Å². The van der Waals surface area contributed by atoms with Crippen LogP contribution in [0.1, 0.15) is 5.56 Å². The Labute approximate surface area is 139 Å². The van der Waals surface area contributed by atoms with Crippen molar-refractivity contribution >= 4 is 31.6 Å². The fraction of sp³-hybridized carbons (Fsp3) is 0.143. The second-order valence-corrected chi connectivity index (χ2v) is 6.98. The van der Waals surface area contributed by atoms with Crippen molar-refractivity contribution in [1.29, 1.82) is 0 Å². The molecule has 0 spiro atoms. The molecule has 124 valence electrons. The number of rotatable bonds is 4. The SMILES string of the molecule is COc1ccc(S(=O)(=O)Nc2ccccc2C(F)(F)F)cc1Br. The summed E-state index contributed by atoms with van der Waals surface area (Å²) < 4.78 is 70.7. The van der Waals surface area contributed by atoms with Gasteiger partial charge in [0.15, 0.2) is 0 Å². The molecular formula is C14H11BrF3NO3S. The maximum Gasteiger partial charge on any atom is 0.418 e. The predicted octanol–water partition coefficient (Wildman–Crippen LogP) is 4.28. The molecule has 2 aromatic carbocycles. The second-order valence-electron chi connectivity index (χ2n) is 4.45. The first-order valence-corrected chi connectivity index (χ1v) is 8.45. The molecule has 1 N–H and O–H groups in total. The summed E-state index contributed by atoms with van der Waals surface area (Å²) >= 11 is 3.13. The van der Waals surface area contributed by atoms with Crippen molar-refractivity contribution in [2.75, 3.05) is 11.8 Å². The highest BCUT2D eigenvalue weighted by atomic mass is 79.9. The molecule has 0 bridgehead atoms. The Morgan fingerprint density at radius 3 is 2.35 bits per heavy atom. The van der Waals surface area contributed by atoms with E-state index in [1.807, 2.05) is 4.72 Å². The lowest BCUT2D eigenvalue weighted by molar-refractivity contribution is -0.136. The van der Waals surface area contributed by atoms with E-state index in [4.69, 9.17) is 4.74 Å². The van der Waals surface area contributed by atoms with Crippen molar-refractivity contribution in [2.45, 2.75) is 11.1 Å². The quantitative estimate of drug-likeness (QED) is 0.819. The molecule has 2 rings (SSSR count). The van der Waals surface area contributed by atoms with Gasteiger partial charge >= 0.3 is 6.18 Å². The van der Waals surface area contributed by atoms with Gasteiger partial charge in [0.25, 0.3) is 10.0 Å². The number of ether oxygens (including phenoxy) is 1. The van der Waals surface area contributed by atoms with Gasteiger partial charge in [-0.15, -0.1) is 0 Å². The van der Waals surface area contributed by atoms with Gasteiger partial charge in [-0.3, -0.25) is 4.72 Å². The lowest BCUT2D eigenvalue weighted by Gasteiger charge is -2.15. The van der Waals surface area contributed by atoms with E-state index < -0.39 is 27.5 Å². The molecule has 0 unspecified atom stereocenters. The average Bonchev–Trinajstić information content (AvgIpc) is 2.46. The Kier molecular flexibility index (Phi) is 4.90. The molecular weight excluding hydrogens is 399 g/mol. The average molecular weight is 410 g/mol. The molecule has 0 aliphatic carbocycles. The molecule has 0 aliphatic heterocycles. The van der Waals surface area contributed by atoms with E-state index in [2.05, 4.69) is 15.9 Å². The first-order valence-electron chi connectivity index (χ1n) is 6.18. The Hall–Kier alpha value is -1.74. The van der Waals surface area contributed by atoms with E-state index in [1.54, 1.807) is 0 Å². The summed E-state index contributed by atoms with van der Waals surface area (Å²) in [7, 11) is -2.77. The van der Waals surface area contributed by atoms with Gasteiger partial charge in [0, 0.05) is 0 Å². The van der Waals surface area contributed by atoms with E-state index in [-0.39, 0.29) is 4.90 Å². The Balaban J connectivity index is 2.42. The zero-order chi connectivity index (χ0) is 17.3. The van der Waals surface area contributed by atoms with Gasteiger partial charge in [-0.2, -0.15) is 13.2 Å². The molecule has 0 radical (unpaired) electrons. The number of methoxy groups -OCH3 is 1. The summed E-state index contributed by atoms with van der Waals surface area (Å²) in [6, 6.07) is 8.25. The van der Waals surface area contributed by atoms with Crippen LogP contribution < -0.4 is 9.46 Å². The molecule has 0 saturated carbocycles. The first-order chi connectivity index (χ1) is 10.6. The van der Waals surface area contributed by atoms with Crippen molar-refractivity contribution in [1.82, 2.24) is 0 Å². The van der Waals surface area contributed by atoms with Crippen LogP contribution in [0.15, 0.2) is 51.8 Å². The van der Waals surface area contributed by atoms with Crippen molar-refractivity contribution in [2.24, 2.45) is 0 Å². The molecule has 4 nitrogen and oxygen atoms in total. The van der Waals surface area contributed by atoms with Crippen LogP contribution in [0.25, 0.3) is 0 Å². The number of alkyl halides is 3. The van der Waals surface area contributed by atoms with Crippen molar-refractivity contribution in [3.8, 4) is 5.75 Å². The molecule has 0 saturated heterocycles. The smallest absolute Gasteiger partial charge is 0.418 e. The Morgan fingerprint density at radius 2 is 1.78 bits per heavy atom. The second kappa shape index (κ2) is 6.40. The first kappa shape index (κ1) is 17.6. The van der Waals surface area contributed by atoms with Crippen LogP contribution in [0, 0.1) is 0 Å². The van der Waals surface area contributed by atoms with E-state index >= 15 is 0 Å². The van der Waals surface area contributed by atoms with E-state index in [1.165, 1.54) is 37.4 Å². The lowest BCUT2D eigenvalue weighted by Crippen LogP contribution is -2.17. The van der Waals surface area contributed by atoms with Crippen molar-refractivity contribution in [3.63, 3.8) is 0 Å². The molecule has 0 amide bonds. The summed E-state index contributed by atoms with van der Waals surface area (Å²) in [5.74, 6) is 0.402. The summed E-state index contributed by atoms with van der Waals surface area (Å²) in [5.41, 5.74) is -1.59. The minimum absolute atomic E-state index is 0.192. The van der Waals surface area contributed by atoms with Gasteiger partial charge in [0.1, 0.15) is 5.75 Å². The van der Waals surface area contributed by atoms with E-state index in [9.17, 15) is 21.6 Å². The summed E-state index contributed by atoms with van der Waals surface area (Å²) in [5, 5.41) is 0. The number of sulfonamides is 1. The third kappa shape index (κ3) is 3.97. The fourth-order valence-electron chi connectivity index (χ4n) is 1.84. The number of halogens is 4. The molecule has 23 heavy (non-hydrogen) atoms. The maximum atomic E-state index is 12.9. The Bertz CT molecular complexity index is 822. The maximum absolute atomic E-state index is 12.9. The van der Waals surface area contributed by atoms with Crippen LogP contribution >= 0.6 is 15.9 Å².